The molecule has 0 aliphatic carbocycles. The fraction of sp³-hybridized carbons (Fsp3) is 0.412. The molecule has 2 aromatic rings. The highest BCUT2D eigenvalue weighted by atomic mass is 16.5. The number of aromatic nitrogens is 2. The minimum atomic E-state index is 0.440. The highest BCUT2D eigenvalue weighted by Gasteiger charge is 2.13. The van der Waals surface area contributed by atoms with Crippen molar-refractivity contribution in [3.63, 3.8) is 0 Å². The molecule has 5 heteroatoms. The first kappa shape index (κ1) is 14.8. The van der Waals surface area contributed by atoms with Crippen molar-refractivity contribution in [1.82, 2.24) is 15.3 Å². The summed E-state index contributed by atoms with van der Waals surface area (Å²) in [5.74, 6) is 2.22. The van der Waals surface area contributed by atoms with Gasteiger partial charge in [0.25, 0.3) is 0 Å². The average molecular weight is 299 g/mol. The van der Waals surface area contributed by atoms with Crippen molar-refractivity contribution >= 4 is 0 Å². The molecule has 1 aliphatic heterocycles. The van der Waals surface area contributed by atoms with Crippen molar-refractivity contribution in [3.05, 3.63) is 36.7 Å². The minimum absolute atomic E-state index is 0.440. The zero-order chi connectivity index (χ0) is 15.2. The molecule has 1 unspecified atom stereocenters. The summed E-state index contributed by atoms with van der Waals surface area (Å²) in [5, 5.41) is 3.46. The first-order valence-corrected chi connectivity index (χ1v) is 7.68. The van der Waals surface area contributed by atoms with E-state index in [1.54, 1.807) is 19.5 Å². The molecule has 1 aliphatic rings. The van der Waals surface area contributed by atoms with E-state index < -0.39 is 0 Å². The van der Waals surface area contributed by atoms with E-state index in [2.05, 4.69) is 15.3 Å². The largest absolute Gasteiger partial charge is 0.497 e. The van der Waals surface area contributed by atoms with E-state index in [9.17, 15) is 0 Å². The van der Waals surface area contributed by atoms with Crippen molar-refractivity contribution < 1.29 is 9.47 Å². The molecule has 5 nitrogen and oxygen atoms in total. The number of hydrogen-bond donors (Lipinski definition) is 1. The van der Waals surface area contributed by atoms with Gasteiger partial charge in [0.2, 0.25) is 0 Å². The lowest BCUT2D eigenvalue weighted by atomic mass is 10.1. The second-order valence-electron chi connectivity index (χ2n) is 5.43. The Balaban J connectivity index is 1.59. The van der Waals surface area contributed by atoms with Gasteiger partial charge in [0.05, 0.1) is 19.5 Å². The Morgan fingerprint density at radius 3 is 2.50 bits per heavy atom. The van der Waals surface area contributed by atoms with E-state index in [-0.39, 0.29) is 0 Å². The monoisotopic (exact) mass is 299 g/mol. The number of methoxy groups -OCH3 is 1. The maximum absolute atomic E-state index is 5.77. The molecule has 1 N–H and O–H groups in total. The third kappa shape index (κ3) is 3.74. The fourth-order valence-electron chi connectivity index (χ4n) is 2.54. The number of nitrogens with zero attached hydrogens (tertiary/aromatic N) is 2. The van der Waals surface area contributed by atoms with Crippen LogP contribution in [0.1, 0.15) is 19.3 Å². The summed E-state index contributed by atoms with van der Waals surface area (Å²) in [6.45, 7) is 1.76. The Kier molecular flexibility index (Phi) is 4.85. The Bertz CT molecular complexity index is 578. The number of piperidine rings is 1. The summed E-state index contributed by atoms with van der Waals surface area (Å²) >= 11 is 0. The van der Waals surface area contributed by atoms with Gasteiger partial charge >= 0.3 is 0 Å². The molecule has 1 fully saturated rings. The van der Waals surface area contributed by atoms with Crippen LogP contribution < -0.4 is 14.8 Å². The van der Waals surface area contributed by atoms with Gasteiger partial charge in [-0.25, -0.2) is 9.97 Å². The summed E-state index contributed by atoms with van der Waals surface area (Å²) in [4.78, 5) is 8.74. The first-order valence-electron chi connectivity index (χ1n) is 7.68. The minimum Gasteiger partial charge on any atom is -0.497 e. The molecule has 1 atom stereocenters. The molecule has 22 heavy (non-hydrogen) atoms. The van der Waals surface area contributed by atoms with Crippen LogP contribution in [0.5, 0.6) is 11.5 Å². The Morgan fingerprint density at radius 2 is 1.86 bits per heavy atom. The van der Waals surface area contributed by atoms with E-state index in [4.69, 9.17) is 9.47 Å². The molecule has 0 radical (unpaired) electrons. The lowest BCUT2D eigenvalue weighted by molar-refractivity contribution is 0.237. The van der Waals surface area contributed by atoms with Crippen molar-refractivity contribution in [2.24, 2.45) is 0 Å². The second kappa shape index (κ2) is 7.22. The van der Waals surface area contributed by atoms with Gasteiger partial charge < -0.3 is 14.8 Å². The van der Waals surface area contributed by atoms with Gasteiger partial charge in [-0.05, 0) is 43.7 Å². The Morgan fingerprint density at radius 1 is 1.09 bits per heavy atom. The molecule has 2 heterocycles. The topological polar surface area (TPSA) is 56.3 Å². The van der Waals surface area contributed by atoms with E-state index >= 15 is 0 Å². The average Bonchev–Trinajstić information content (AvgIpc) is 2.61. The second-order valence-corrected chi connectivity index (χ2v) is 5.43. The molecule has 3 rings (SSSR count). The van der Waals surface area contributed by atoms with Gasteiger partial charge in [-0.15, -0.1) is 0 Å². The number of rotatable bonds is 5. The summed E-state index contributed by atoms with van der Waals surface area (Å²) in [5.41, 5.74) is 0.960. The van der Waals surface area contributed by atoms with Crippen LogP contribution in [-0.4, -0.2) is 36.3 Å². The van der Waals surface area contributed by atoms with Gasteiger partial charge in [-0.1, -0.05) is 6.42 Å². The fourth-order valence-corrected chi connectivity index (χ4v) is 2.54. The van der Waals surface area contributed by atoms with Gasteiger partial charge in [-0.3, -0.25) is 0 Å². The predicted molar refractivity (Wildman–Crippen MR) is 85.2 cm³/mol. The first-order chi connectivity index (χ1) is 10.8. The van der Waals surface area contributed by atoms with Gasteiger partial charge in [0.1, 0.15) is 12.4 Å². The highest BCUT2D eigenvalue weighted by molar-refractivity contribution is 5.56. The highest BCUT2D eigenvalue weighted by Crippen LogP contribution is 2.20. The van der Waals surface area contributed by atoms with E-state index in [0.717, 1.165) is 17.9 Å². The number of benzene rings is 1. The Hall–Kier alpha value is -2.14. The third-order valence-corrected chi connectivity index (χ3v) is 3.84. The van der Waals surface area contributed by atoms with Crippen LogP contribution in [0, 0.1) is 0 Å². The summed E-state index contributed by atoms with van der Waals surface area (Å²) < 4.78 is 10.9. The van der Waals surface area contributed by atoms with Crippen molar-refractivity contribution in [2.75, 3.05) is 20.3 Å². The van der Waals surface area contributed by atoms with Crippen molar-refractivity contribution in [1.29, 1.82) is 0 Å². The SMILES string of the molecule is COc1ccc(-c2ncc(OCC3CCCCN3)cn2)cc1. The van der Waals surface area contributed by atoms with E-state index in [0.29, 0.717) is 24.2 Å². The van der Waals surface area contributed by atoms with Crippen LogP contribution in [0.15, 0.2) is 36.7 Å². The van der Waals surface area contributed by atoms with E-state index in [1.165, 1.54) is 19.3 Å². The number of nitrogens with one attached hydrogen (secondary N) is 1. The van der Waals surface area contributed by atoms with Crippen LogP contribution in [0.4, 0.5) is 0 Å². The third-order valence-electron chi connectivity index (χ3n) is 3.84. The molecular weight excluding hydrogens is 278 g/mol. The van der Waals surface area contributed by atoms with Crippen LogP contribution in [-0.2, 0) is 0 Å². The summed E-state index contributed by atoms with van der Waals surface area (Å²) in [6, 6.07) is 8.13. The van der Waals surface area contributed by atoms with Crippen LogP contribution in [0.2, 0.25) is 0 Å². The molecule has 0 saturated carbocycles. The smallest absolute Gasteiger partial charge is 0.159 e. The molecule has 116 valence electrons. The summed E-state index contributed by atoms with van der Waals surface area (Å²) in [6.07, 6.45) is 7.17. The van der Waals surface area contributed by atoms with E-state index in [1.807, 2.05) is 24.3 Å². The molecule has 1 saturated heterocycles. The van der Waals surface area contributed by atoms with Gasteiger partial charge in [-0.2, -0.15) is 0 Å². The van der Waals surface area contributed by atoms with Gasteiger partial charge in [0.15, 0.2) is 11.6 Å². The quantitative estimate of drug-likeness (QED) is 0.920. The molecule has 0 spiro atoms. The van der Waals surface area contributed by atoms with Crippen LogP contribution in [0.3, 0.4) is 0 Å². The zero-order valence-electron chi connectivity index (χ0n) is 12.8. The number of hydrogen-bond acceptors (Lipinski definition) is 5. The predicted octanol–water partition coefficient (Wildman–Crippen LogP) is 2.67. The van der Waals surface area contributed by atoms with Crippen LogP contribution in [0.25, 0.3) is 11.4 Å². The standard InChI is InChI=1S/C17H21N3O2/c1-21-15-7-5-13(6-8-15)17-19-10-16(11-20-17)22-12-14-4-2-3-9-18-14/h5-8,10-11,14,18H,2-4,9,12H2,1H3. The summed E-state index contributed by atoms with van der Waals surface area (Å²) in [7, 11) is 1.65. The van der Waals surface area contributed by atoms with Crippen molar-refractivity contribution in [3.8, 4) is 22.9 Å². The van der Waals surface area contributed by atoms with Crippen molar-refractivity contribution in [2.45, 2.75) is 25.3 Å². The maximum Gasteiger partial charge on any atom is 0.159 e. The molecule has 0 amide bonds. The molecule has 1 aromatic carbocycles. The molecular formula is C17H21N3O2. The molecule has 1 aromatic heterocycles. The maximum atomic E-state index is 5.77. The molecule has 0 bridgehead atoms. The zero-order valence-corrected chi connectivity index (χ0v) is 12.8. The number of ether oxygens (including phenoxy) is 2. The van der Waals surface area contributed by atoms with Crippen LogP contribution >= 0.6 is 0 Å². The normalized spacial score (nSPS) is 18.0. The lowest BCUT2D eigenvalue weighted by Gasteiger charge is -2.23. The Labute approximate surface area is 130 Å². The van der Waals surface area contributed by atoms with Gasteiger partial charge in [0, 0.05) is 11.6 Å². The lowest BCUT2D eigenvalue weighted by Crippen LogP contribution is -2.38.